The summed E-state index contributed by atoms with van der Waals surface area (Å²) in [5, 5.41) is 3.06. The van der Waals surface area contributed by atoms with Crippen molar-refractivity contribution in [3.8, 4) is 11.5 Å². The number of amides is 1. The highest BCUT2D eigenvalue weighted by molar-refractivity contribution is 7.89. The molecule has 2 aromatic rings. The van der Waals surface area contributed by atoms with Crippen LogP contribution in [0.3, 0.4) is 0 Å². The van der Waals surface area contributed by atoms with E-state index in [1.807, 2.05) is 0 Å². The fourth-order valence-electron chi connectivity index (χ4n) is 2.67. The molecule has 0 saturated heterocycles. The molecule has 0 aliphatic carbocycles. The van der Waals surface area contributed by atoms with Crippen molar-refractivity contribution in [2.24, 2.45) is 0 Å². The summed E-state index contributed by atoms with van der Waals surface area (Å²) in [7, 11) is -4.00. The number of rotatable bonds is 7. The number of halogens is 1. The van der Waals surface area contributed by atoms with Crippen LogP contribution in [0.4, 0.5) is 5.69 Å². The van der Waals surface area contributed by atoms with Crippen molar-refractivity contribution in [2.75, 3.05) is 31.7 Å². The molecule has 0 radical (unpaired) electrons. The Kier molecular flexibility index (Phi) is 7.37. The van der Waals surface area contributed by atoms with Crippen molar-refractivity contribution >= 4 is 39.2 Å². The minimum atomic E-state index is -4.00. The molecule has 0 bridgehead atoms. The summed E-state index contributed by atoms with van der Waals surface area (Å²) in [5.41, 5.74) is 1.16. The van der Waals surface area contributed by atoms with Crippen molar-refractivity contribution in [3.05, 3.63) is 47.0 Å². The molecule has 0 fully saturated rings. The highest BCUT2D eigenvalue weighted by atomic mass is 35.5. The summed E-state index contributed by atoms with van der Waals surface area (Å²) in [4.78, 5) is 23.8. The van der Waals surface area contributed by atoms with E-state index in [4.69, 9.17) is 25.8 Å². The SMILES string of the molecule is Cc1c(Cl)cccc1NC(=O)COC(=O)CNS(=O)(=O)c1ccc2c(c1)OCCCO2. The number of anilines is 1. The Morgan fingerprint density at radius 2 is 1.87 bits per heavy atom. The summed E-state index contributed by atoms with van der Waals surface area (Å²) >= 11 is 5.99. The summed E-state index contributed by atoms with van der Waals surface area (Å²) in [6.07, 6.45) is 0.686. The number of benzene rings is 2. The van der Waals surface area contributed by atoms with Crippen molar-refractivity contribution in [1.29, 1.82) is 0 Å². The van der Waals surface area contributed by atoms with Crippen LogP contribution in [0.2, 0.25) is 5.02 Å². The number of fused-ring (bicyclic) bond motifs is 1. The first kappa shape index (κ1) is 22.9. The molecule has 1 amide bonds. The standard InChI is InChI=1S/C20H21ClN2O7S/c1-13-15(21)4-2-5-16(13)23-19(24)12-30-20(25)11-22-31(26,27)14-6-7-17-18(10-14)29-9-3-8-28-17/h2,4-7,10,22H,3,8-9,11-12H2,1H3,(H,23,24). The molecule has 2 aromatic carbocycles. The lowest BCUT2D eigenvalue weighted by molar-refractivity contribution is -0.146. The molecule has 31 heavy (non-hydrogen) atoms. The summed E-state index contributed by atoms with van der Waals surface area (Å²) in [6.45, 7) is 1.41. The maximum Gasteiger partial charge on any atom is 0.321 e. The zero-order valence-electron chi connectivity index (χ0n) is 16.6. The van der Waals surface area contributed by atoms with E-state index in [2.05, 4.69) is 10.0 Å². The molecule has 3 rings (SSSR count). The Morgan fingerprint density at radius 3 is 2.65 bits per heavy atom. The van der Waals surface area contributed by atoms with Crippen molar-refractivity contribution < 1.29 is 32.2 Å². The van der Waals surface area contributed by atoms with Gasteiger partial charge in [0, 0.05) is 23.2 Å². The van der Waals surface area contributed by atoms with Gasteiger partial charge in [-0.3, -0.25) is 9.59 Å². The van der Waals surface area contributed by atoms with E-state index < -0.39 is 35.1 Å². The number of ether oxygens (including phenoxy) is 3. The van der Waals surface area contributed by atoms with Gasteiger partial charge in [0.1, 0.15) is 6.54 Å². The number of esters is 1. The van der Waals surface area contributed by atoms with Crippen LogP contribution in [0.5, 0.6) is 11.5 Å². The van der Waals surface area contributed by atoms with Crippen LogP contribution in [0.15, 0.2) is 41.3 Å². The molecule has 1 heterocycles. The quantitative estimate of drug-likeness (QED) is 0.598. The number of carbonyl (C=O) groups is 2. The summed E-state index contributed by atoms with van der Waals surface area (Å²) in [5.74, 6) is -0.715. The third kappa shape index (κ3) is 6.09. The number of hydrogen-bond donors (Lipinski definition) is 2. The summed E-state index contributed by atoms with van der Waals surface area (Å²) < 4.78 is 42.8. The van der Waals surface area contributed by atoms with Crippen LogP contribution in [0.1, 0.15) is 12.0 Å². The third-order valence-electron chi connectivity index (χ3n) is 4.34. The van der Waals surface area contributed by atoms with E-state index in [-0.39, 0.29) is 4.90 Å². The Morgan fingerprint density at radius 1 is 1.13 bits per heavy atom. The third-order valence-corrected chi connectivity index (χ3v) is 6.15. The average Bonchev–Trinajstić information content (AvgIpc) is 2.99. The Bertz CT molecular complexity index is 1090. The first-order valence-corrected chi connectivity index (χ1v) is 11.2. The minimum absolute atomic E-state index is 0.0845. The van der Waals surface area contributed by atoms with Crippen LogP contribution in [-0.2, 0) is 24.3 Å². The first-order valence-electron chi connectivity index (χ1n) is 9.36. The monoisotopic (exact) mass is 468 g/mol. The predicted octanol–water partition coefficient (Wildman–Crippen LogP) is 2.27. The second-order valence-corrected chi connectivity index (χ2v) is 8.78. The molecule has 166 valence electrons. The first-order chi connectivity index (χ1) is 14.8. The lowest BCUT2D eigenvalue weighted by atomic mass is 10.2. The van der Waals surface area contributed by atoms with Gasteiger partial charge in [0.15, 0.2) is 18.1 Å². The van der Waals surface area contributed by atoms with Gasteiger partial charge in [0.25, 0.3) is 5.91 Å². The lowest BCUT2D eigenvalue weighted by Gasteiger charge is -2.11. The molecular formula is C20H21ClN2O7S. The molecule has 0 unspecified atom stereocenters. The van der Waals surface area contributed by atoms with Gasteiger partial charge in [-0.05, 0) is 36.8 Å². The van der Waals surface area contributed by atoms with Gasteiger partial charge in [-0.25, -0.2) is 8.42 Å². The molecule has 2 N–H and O–H groups in total. The molecular weight excluding hydrogens is 448 g/mol. The van der Waals surface area contributed by atoms with Crippen LogP contribution >= 0.6 is 11.6 Å². The Hall–Kier alpha value is -2.82. The fourth-order valence-corrected chi connectivity index (χ4v) is 3.83. The predicted molar refractivity (Wildman–Crippen MR) is 113 cm³/mol. The van der Waals surface area contributed by atoms with Crippen molar-refractivity contribution in [3.63, 3.8) is 0 Å². The molecule has 0 spiro atoms. The largest absolute Gasteiger partial charge is 0.490 e. The molecule has 0 atom stereocenters. The smallest absolute Gasteiger partial charge is 0.321 e. The normalized spacial score (nSPS) is 13.2. The Labute approximate surface area is 184 Å². The molecule has 1 aliphatic heterocycles. The second kappa shape index (κ2) is 9.99. The van der Waals surface area contributed by atoms with Crippen LogP contribution in [-0.4, -0.2) is 46.7 Å². The van der Waals surface area contributed by atoms with E-state index in [1.54, 1.807) is 25.1 Å². The average molecular weight is 469 g/mol. The van der Waals surface area contributed by atoms with Crippen LogP contribution in [0.25, 0.3) is 0 Å². The van der Waals surface area contributed by atoms with Crippen LogP contribution in [0, 0.1) is 6.92 Å². The summed E-state index contributed by atoms with van der Waals surface area (Å²) in [6, 6.07) is 9.18. The van der Waals surface area contributed by atoms with Gasteiger partial charge in [0.05, 0.1) is 18.1 Å². The van der Waals surface area contributed by atoms with E-state index in [1.165, 1.54) is 18.2 Å². The van der Waals surface area contributed by atoms with Gasteiger partial charge in [-0.1, -0.05) is 17.7 Å². The zero-order chi connectivity index (χ0) is 22.4. The zero-order valence-corrected chi connectivity index (χ0v) is 18.2. The number of sulfonamides is 1. The molecule has 11 heteroatoms. The number of carbonyl (C=O) groups excluding carboxylic acids is 2. The number of hydrogen-bond acceptors (Lipinski definition) is 7. The molecule has 0 aromatic heterocycles. The lowest BCUT2D eigenvalue weighted by Crippen LogP contribution is -2.32. The minimum Gasteiger partial charge on any atom is -0.490 e. The van der Waals surface area contributed by atoms with Crippen molar-refractivity contribution in [1.82, 2.24) is 4.72 Å². The van der Waals surface area contributed by atoms with E-state index in [0.717, 1.165) is 0 Å². The van der Waals surface area contributed by atoms with E-state index in [0.29, 0.717) is 47.4 Å². The fraction of sp³-hybridized carbons (Fsp3) is 0.300. The van der Waals surface area contributed by atoms with Gasteiger partial charge in [-0.2, -0.15) is 4.72 Å². The molecule has 9 nitrogen and oxygen atoms in total. The van der Waals surface area contributed by atoms with Gasteiger partial charge in [0.2, 0.25) is 10.0 Å². The van der Waals surface area contributed by atoms with E-state index >= 15 is 0 Å². The topological polar surface area (TPSA) is 120 Å². The van der Waals surface area contributed by atoms with E-state index in [9.17, 15) is 18.0 Å². The van der Waals surface area contributed by atoms with Gasteiger partial charge >= 0.3 is 5.97 Å². The molecule has 1 aliphatic rings. The highest BCUT2D eigenvalue weighted by Crippen LogP contribution is 2.31. The maximum absolute atomic E-state index is 12.5. The maximum atomic E-state index is 12.5. The Balaban J connectivity index is 1.51. The van der Waals surface area contributed by atoms with Crippen LogP contribution < -0.4 is 19.5 Å². The highest BCUT2D eigenvalue weighted by Gasteiger charge is 2.20. The second-order valence-electron chi connectivity index (χ2n) is 6.60. The van der Waals surface area contributed by atoms with Gasteiger partial charge in [-0.15, -0.1) is 0 Å². The molecule has 0 saturated carbocycles. The van der Waals surface area contributed by atoms with Gasteiger partial charge < -0.3 is 19.5 Å². The van der Waals surface area contributed by atoms with Crippen molar-refractivity contribution in [2.45, 2.75) is 18.2 Å². The number of nitrogens with one attached hydrogen (secondary N) is 2.